The molecule has 0 atom stereocenters. The predicted molar refractivity (Wildman–Crippen MR) is 63.7 cm³/mol. The van der Waals surface area contributed by atoms with Gasteiger partial charge in [-0.15, -0.1) is 11.8 Å². The Bertz CT molecular complexity index is 401. The number of nitrogens with zero attached hydrogens (tertiary/aromatic N) is 1. The van der Waals surface area contributed by atoms with Crippen molar-refractivity contribution in [3.8, 4) is 0 Å². The van der Waals surface area contributed by atoms with Crippen LogP contribution in [-0.4, -0.2) is 31.2 Å². The van der Waals surface area contributed by atoms with Gasteiger partial charge in [0.15, 0.2) is 0 Å². The fourth-order valence-corrected chi connectivity index (χ4v) is 2.66. The van der Waals surface area contributed by atoms with E-state index in [1.165, 1.54) is 6.26 Å². The zero-order chi connectivity index (χ0) is 11.3. The smallest absolute Gasteiger partial charge is 0.147 e. The quantitative estimate of drug-likeness (QED) is 0.624. The first-order chi connectivity index (χ1) is 6.97. The summed E-state index contributed by atoms with van der Waals surface area (Å²) in [5.74, 6) is 1.51. The highest BCUT2D eigenvalue weighted by atomic mass is 32.2. The molecule has 1 rings (SSSR count). The van der Waals surface area contributed by atoms with Crippen molar-refractivity contribution in [2.45, 2.75) is 11.3 Å². The maximum absolute atomic E-state index is 10.8. The molecule has 0 saturated carbocycles. The Kier molecular flexibility index (Phi) is 4.41. The molecule has 0 fully saturated rings. The minimum atomic E-state index is -2.83. The summed E-state index contributed by atoms with van der Waals surface area (Å²) in [7, 11) is -2.83. The van der Waals surface area contributed by atoms with E-state index in [0.29, 0.717) is 12.2 Å². The van der Waals surface area contributed by atoms with Crippen LogP contribution < -0.4 is 5.73 Å². The maximum Gasteiger partial charge on any atom is 0.147 e. The molecule has 0 radical (unpaired) electrons. The molecule has 0 bridgehead atoms. The second kappa shape index (κ2) is 5.37. The highest BCUT2D eigenvalue weighted by Gasteiger charge is 2.01. The van der Waals surface area contributed by atoms with Gasteiger partial charge in [-0.05, 0) is 24.3 Å². The number of pyridine rings is 1. The van der Waals surface area contributed by atoms with Crippen LogP contribution in [0.25, 0.3) is 0 Å². The van der Waals surface area contributed by atoms with Gasteiger partial charge in [0.05, 0.1) is 5.75 Å². The highest BCUT2D eigenvalue weighted by Crippen LogP contribution is 2.18. The zero-order valence-corrected chi connectivity index (χ0v) is 10.1. The summed E-state index contributed by atoms with van der Waals surface area (Å²) < 4.78 is 21.7. The third-order valence-corrected chi connectivity index (χ3v) is 3.79. The molecule has 0 aliphatic rings. The average molecular weight is 246 g/mol. The fourth-order valence-electron chi connectivity index (χ4n) is 0.988. The number of nitrogens with two attached hydrogens (primary N) is 1. The summed E-state index contributed by atoms with van der Waals surface area (Å²) in [5, 5.41) is 0. The summed E-state index contributed by atoms with van der Waals surface area (Å²) in [6, 6.07) is 3.62. The normalized spacial score (nSPS) is 11.5. The van der Waals surface area contributed by atoms with E-state index in [2.05, 4.69) is 4.98 Å². The second-order valence-corrected chi connectivity index (χ2v) is 6.68. The Labute approximate surface area is 94.2 Å². The highest BCUT2D eigenvalue weighted by molar-refractivity contribution is 7.99. The Morgan fingerprint density at radius 2 is 2.20 bits per heavy atom. The Balaban J connectivity index is 2.29. The monoisotopic (exact) mass is 246 g/mol. The van der Waals surface area contributed by atoms with Crippen molar-refractivity contribution >= 4 is 27.4 Å². The van der Waals surface area contributed by atoms with Gasteiger partial charge in [-0.2, -0.15) is 0 Å². The van der Waals surface area contributed by atoms with Crippen LogP contribution in [-0.2, 0) is 9.84 Å². The topological polar surface area (TPSA) is 73.0 Å². The van der Waals surface area contributed by atoms with Crippen molar-refractivity contribution in [3.05, 3.63) is 18.3 Å². The first-order valence-electron chi connectivity index (χ1n) is 4.49. The largest absolute Gasteiger partial charge is 0.384 e. The van der Waals surface area contributed by atoms with Crippen LogP contribution in [0.3, 0.4) is 0 Å². The third kappa shape index (κ3) is 5.64. The molecular weight excluding hydrogens is 232 g/mol. The van der Waals surface area contributed by atoms with Gasteiger partial charge in [0, 0.05) is 17.3 Å². The lowest BCUT2D eigenvalue weighted by molar-refractivity contribution is 0.600. The molecule has 0 aliphatic heterocycles. The van der Waals surface area contributed by atoms with Crippen LogP contribution in [0.15, 0.2) is 23.2 Å². The average Bonchev–Trinajstić information content (AvgIpc) is 2.14. The molecular formula is C9H14N2O2S2. The molecule has 2 N–H and O–H groups in total. The van der Waals surface area contributed by atoms with Crippen molar-refractivity contribution in [1.29, 1.82) is 0 Å². The molecule has 1 aromatic heterocycles. The van der Waals surface area contributed by atoms with Crippen LogP contribution in [0.1, 0.15) is 6.42 Å². The number of nitrogen functional groups attached to an aromatic ring is 1. The lowest BCUT2D eigenvalue weighted by Gasteiger charge is -2.00. The zero-order valence-electron chi connectivity index (χ0n) is 8.51. The Hall–Kier alpha value is -0.750. The molecule has 0 aromatic carbocycles. The minimum absolute atomic E-state index is 0.238. The number of anilines is 1. The van der Waals surface area contributed by atoms with Crippen LogP contribution in [0.4, 0.5) is 5.82 Å². The molecule has 84 valence electrons. The first-order valence-corrected chi connectivity index (χ1v) is 7.54. The maximum atomic E-state index is 10.8. The van der Waals surface area contributed by atoms with Crippen LogP contribution in [0.5, 0.6) is 0 Å². The van der Waals surface area contributed by atoms with E-state index in [1.54, 1.807) is 24.0 Å². The number of aromatic nitrogens is 1. The molecule has 0 unspecified atom stereocenters. The van der Waals surface area contributed by atoms with Gasteiger partial charge in [0.1, 0.15) is 15.7 Å². The minimum Gasteiger partial charge on any atom is -0.384 e. The van der Waals surface area contributed by atoms with Crippen molar-refractivity contribution in [3.63, 3.8) is 0 Å². The molecule has 6 heteroatoms. The number of thioether (sulfide) groups is 1. The fraction of sp³-hybridized carbons (Fsp3) is 0.444. The predicted octanol–water partition coefficient (Wildman–Crippen LogP) is 1.19. The van der Waals surface area contributed by atoms with Crippen molar-refractivity contribution < 1.29 is 8.42 Å². The lowest BCUT2D eigenvalue weighted by Crippen LogP contribution is -2.03. The van der Waals surface area contributed by atoms with E-state index in [4.69, 9.17) is 5.73 Å². The molecule has 15 heavy (non-hydrogen) atoms. The SMILES string of the molecule is CS(=O)(=O)CCCSc1ccc(N)nc1. The standard InChI is InChI=1S/C9H14N2O2S2/c1-15(12,13)6-2-5-14-8-3-4-9(10)11-7-8/h3-4,7H,2,5-6H2,1H3,(H2,10,11). The van der Waals surface area contributed by atoms with E-state index < -0.39 is 9.84 Å². The van der Waals surface area contributed by atoms with Crippen molar-refractivity contribution in [2.75, 3.05) is 23.5 Å². The van der Waals surface area contributed by atoms with Gasteiger partial charge < -0.3 is 5.73 Å². The number of rotatable bonds is 5. The summed E-state index contributed by atoms with van der Waals surface area (Å²) in [6.07, 6.45) is 3.61. The Morgan fingerprint density at radius 1 is 1.47 bits per heavy atom. The summed E-state index contributed by atoms with van der Waals surface area (Å²) >= 11 is 1.59. The number of hydrogen-bond donors (Lipinski definition) is 1. The van der Waals surface area contributed by atoms with Gasteiger partial charge in [-0.1, -0.05) is 0 Å². The molecule has 0 saturated heterocycles. The molecule has 0 amide bonds. The molecule has 1 aromatic rings. The van der Waals surface area contributed by atoms with E-state index in [1.807, 2.05) is 6.07 Å². The van der Waals surface area contributed by atoms with Gasteiger partial charge in [-0.25, -0.2) is 13.4 Å². The molecule has 0 aliphatic carbocycles. The van der Waals surface area contributed by atoms with Gasteiger partial charge in [0.25, 0.3) is 0 Å². The molecule has 1 heterocycles. The molecule has 4 nitrogen and oxygen atoms in total. The van der Waals surface area contributed by atoms with E-state index in [-0.39, 0.29) is 5.75 Å². The third-order valence-electron chi connectivity index (χ3n) is 1.69. The summed E-state index contributed by atoms with van der Waals surface area (Å²) in [5.41, 5.74) is 5.44. The summed E-state index contributed by atoms with van der Waals surface area (Å²) in [6.45, 7) is 0. The lowest BCUT2D eigenvalue weighted by atomic mass is 10.5. The Morgan fingerprint density at radius 3 is 2.73 bits per heavy atom. The van der Waals surface area contributed by atoms with E-state index in [0.717, 1.165) is 10.6 Å². The molecule has 0 spiro atoms. The van der Waals surface area contributed by atoms with Crippen molar-refractivity contribution in [1.82, 2.24) is 4.98 Å². The number of sulfone groups is 1. The van der Waals surface area contributed by atoms with Gasteiger partial charge in [0.2, 0.25) is 0 Å². The van der Waals surface area contributed by atoms with Crippen molar-refractivity contribution in [2.24, 2.45) is 0 Å². The number of hydrogen-bond acceptors (Lipinski definition) is 5. The van der Waals surface area contributed by atoms with Crippen LogP contribution in [0, 0.1) is 0 Å². The van der Waals surface area contributed by atoms with E-state index >= 15 is 0 Å². The van der Waals surface area contributed by atoms with Crippen LogP contribution >= 0.6 is 11.8 Å². The summed E-state index contributed by atoms with van der Waals surface area (Å²) in [4.78, 5) is 4.96. The second-order valence-electron chi connectivity index (χ2n) is 3.25. The van der Waals surface area contributed by atoms with Gasteiger partial charge >= 0.3 is 0 Å². The first kappa shape index (κ1) is 12.3. The van der Waals surface area contributed by atoms with Crippen LogP contribution in [0.2, 0.25) is 0 Å². The van der Waals surface area contributed by atoms with E-state index in [9.17, 15) is 8.42 Å². The van der Waals surface area contributed by atoms with Gasteiger partial charge in [-0.3, -0.25) is 0 Å².